The van der Waals surface area contributed by atoms with E-state index >= 15 is 0 Å². The predicted octanol–water partition coefficient (Wildman–Crippen LogP) is 6.59. The third-order valence-corrected chi connectivity index (χ3v) is 5.08. The second-order valence-electron chi connectivity index (χ2n) is 7.71. The zero-order valence-electron chi connectivity index (χ0n) is 16.9. The van der Waals surface area contributed by atoms with Crippen LogP contribution in [0.4, 0.5) is 5.69 Å². The van der Waals surface area contributed by atoms with Crippen LogP contribution >= 0.6 is 0 Å². The Morgan fingerprint density at radius 2 is 1.72 bits per heavy atom. The standard InChI is InChI=1S/C26H24N2O/c1-17(2)19-10-12-25-21(15-19)11-13-24(28-25)20-7-5-9-23(16-20)27-26(29)22-8-4-6-18(3)14-22/h4-17H,1-3H3,(H,27,29). The fourth-order valence-corrected chi connectivity index (χ4v) is 3.41. The van der Waals surface area contributed by atoms with Crippen LogP contribution in [0.3, 0.4) is 0 Å². The Morgan fingerprint density at radius 3 is 2.52 bits per heavy atom. The highest BCUT2D eigenvalue weighted by Gasteiger charge is 2.08. The van der Waals surface area contributed by atoms with Gasteiger partial charge in [0.1, 0.15) is 0 Å². The summed E-state index contributed by atoms with van der Waals surface area (Å²) < 4.78 is 0. The van der Waals surface area contributed by atoms with Crippen molar-refractivity contribution in [1.82, 2.24) is 4.98 Å². The highest BCUT2D eigenvalue weighted by Crippen LogP contribution is 2.26. The summed E-state index contributed by atoms with van der Waals surface area (Å²) in [5.74, 6) is 0.381. The van der Waals surface area contributed by atoms with E-state index in [-0.39, 0.29) is 5.91 Å². The second kappa shape index (κ2) is 7.88. The molecule has 0 saturated heterocycles. The summed E-state index contributed by atoms with van der Waals surface area (Å²) >= 11 is 0. The number of hydrogen-bond acceptors (Lipinski definition) is 2. The number of hydrogen-bond donors (Lipinski definition) is 1. The minimum Gasteiger partial charge on any atom is -0.322 e. The average Bonchev–Trinajstić information content (AvgIpc) is 2.73. The number of nitrogens with one attached hydrogen (secondary N) is 1. The second-order valence-corrected chi connectivity index (χ2v) is 7.71. The van der Waals surface area contributed by atoms with Gasteiger partial charge in [-0.1, -0.05) is 55.8 Å². The van der Waals surface area contributed by atoms with Crippen LogP contribution in [-0.4, -0.2) is 10.9 Å². The Morgan fingerprint density at radius 1 is 0.897 bits per heavy atom. The molecular weight excluding hydrogens is 356 g/mol. The number of carbonyl (C=O) groups is 1. The van der Waals surface area contributed by atoms with E-state index in [2.05, 4.69) is 43.4 Å². The maximum atomic E-state index is 12.5. The molecule has 0 aliphatic carbocycles. The lowest BCUT2D eigenvalue weighted by atomic mass is 10.0. The zero-order chi connectivity index (χ0) is 20.4. The average molecular weight is 380 g/mol. The number of rotatable bonds is 4. The summed E-state index contributed by atoms with van der Waals surface area (Å²) in [4.78, 5) is 17.4. The quantitative estimate of drug-likeness (QED) is 0.434. The van der Waals surface area contributed by atoms with E-state index < -0.39 is 0 Å². The first kappa shape index (κ1) is 18.9. The van der Waals surface area contributed by atoms with E-state index in [0.29, 0.717) is 11.5 Å². The Labute approximate surface area is 171 Å². The lowest BCUT2D eigenvalue weighted by molar-refractivity contribution is 0.102. The summed E-state index contributed by atoms with van der Waals surface area (Å²) in [5.41, 5.74) is 6.62. The van der Waals surface area contributed by atoms with Crippen molar-refractivity contribution in [1.29, 1.82) is 0 Å². The first-order valence-corrected chi connectivity index (χ1v) is 9.89. The van der Waals surface area contributed by atoms with Gasteiger partial charge in [0.15, 0.2) is 0 Å². The summed E-state index contributed by atoms with van der Waals surface area (Å²) in [7, 11) is 0. The van der Waals surface area contributed by atoms with Crippen LogP contribution in [0.1, 0.15) is 41.3 Å². The molecule has 1 N–H and O–H groups in total. The van der Waals surface area contributed by atoms with Gasteiger partial charge >= 0.3 is 0 Å². The number of fused-ring (bicyclic) bond motifs is 1. The van der Waals surface area contributed by atoms with Crippen molar-refractivity contribution < 1.29 is 4.79 Å². The first-order chi connectivity index (χ1) is 14.0. The van der Waals surface area contributed by atoms with Gasteiger partial charge in [-0.2, -0.15) is 0 Å². The van der Waals surface area contributed by atoms with Crippen LogP contribution in [0.15, 0.2) is 78.9 Å². The van der Waals surface area contributed by atoms with Crippen LogP contribution in [0.25, 0.3) is 22.2 Å². The molecule has 0 aliphatic heterocycles. The molecule has 3 heteroatoms. The Bertz CT molecular complexity index is 1190. The number of carbonyl (C=O) groups excluding carboxylic acids is 1. The number of nitrogens with zero attached hydrogens (tertiary/aromatic N) is 1. The van der Waals surface area contributed by atoms with Gasteiger partial charge < -0.3 is 5.32 Å². The third-order valence-electron chi connectivity index (χ3n) is 5.08. The molecule has 3 aromatic carbocycles. The van der Waals surface area contributed by atoms with Gasteiger partial charge in [-0.3, -0.25) is 4.79 Å². The van der Waals surface area contributed by atoms with E-state index in [0.717, 1.165) is 33.4 Å². The Hall–Kier alpha value is -3.46. The number of pyridine rings is 1. The number of amides is 1. The largest absolute Gasteiger partial charge is 0.322 e. The highest BCUT2D eigenvalue weighted by atomic mass is 16.1. The fourth-order valence-electron chi connectivity index (χ4n) is 3.41. The van der Waals surface area contributed by atoms with Crippen LogP contribution < -0.4 is 5.32 Å². The number of aromatic nitrogens is 1. The molecule has 0 aliphatic rings. The summed E-state index contributed by atoms with van der Waals surface area (Å²) in [6, 6.07) is 26.0. The minimum atomic E-state index is -0.112. The van der Waals surface area contributed by atoms with E-state index in [4.69, 9.17) is 4.98 Å². The number of aryl methyl sites for hydroxylation is 1. The van der Waals surface area contributed by atoms with Crippen LogP contribution in [-0.2, 0) is 0 Å². The highest BCUT2D eigenvalue weighted by molar-refractivity contribution is 6.04. The summed E-state index contributed by atoms with van der Waals surface area (Å²) in [6.45, 7) is 6.37. The van der Waals surface area contributed by atoms with Crippen molar-refractivity contribution >= 4 is 22.5 Å². The normalized spacial score (nSPS) is 11.0. The molecule has 0 spiro atoms. The smallest absolute Gasteiger partial charge is 0.255 e. The minimum absolute atomic E-state index is 0.112. The van der Waals surface area contributed by atoms with Gasteiger partial charge in [-0.25, -0.2) is 4.98 Å². The van der Waals surface area contributed by atoms with Gasteiger partial charge in [-0.15, -0.1) is 0 Å². The molecular formula is C26H24N2O. The van der Waals surface area contributed by atoms with Crippen molar-refractivity contribution in [2.24, 2.45) is 0 Å². The van der Waals surface area contributed by atoms with Gasteiger partial charge in [-0.05, 0) is 60.9 Å². The van der Waals surface area contributed by atoms with Gasteiger partial charge in [0.25, 0.3) is 5.91 Å². The monoisotopic (exact) mass is 380 g/mol. The summed E-state index contributed by atoms with van der Waals surface area (Å²) in [6.07, 6.45) is 0. The topological polar surface area (TPSA) is 42.0 Å². The van der Waals surface area contributed by atoms with E-state index in [1.54, 1.807) is 0 Å². The van der Waals surface area contributed by atoms with Crippen LogP contribution in [0.2, 0.25) is 0 Å². The number of anilines is 1. The van der Waals surface area contributed by atoms with Crippen molar-refractivity contribution in [2.45, 2.75) is 26.7 Å². The zero-order valence-corrected chi connectivity index (χ0v) is 16.9. The molecule has 1 amide bonds. The molecule has 0 fully saturated rings. The van der Waals surface area contributed by atoms with E-state index in [1.165, 1.54) is 5.56 Å². The van der Waals surface area contributed by atoms with Gasteiger partial charge in [0, 0.05) is 22.2 Å². The molecule has 4 aromatic rings. The molecule has 4 rings (SSSR count). The summed E-state index contributed by atoms with van der Waals surface area (Å²) in [5, 5.41) is 4.13. The van der Waals surface area contributed by atoms with Crippen molar-refractivity contribution in [3.63, 3.8) is 0 Å². The SMILES string of the molecule is Cc1cccc(C(=O)Nc2cccc(-c3ccc4cc(C(C)C)ccc4n3)c2)c1. The molecule has 3 nitrogen and oxygen atoms in total. The van der Waals surface area contributed by atoms with Crippen LogP contribution in [0.5, 0.6) is 0 Å². The van der Waals surface area contributed by atoms with Crippen molar-refractivity contribution in [3.05, 3.63) is 95.6 Å². The van der Waals surface area contributed by atoms with Crippen molar-refractivity contribution in [2.75, 3.05) is 5.32 Å². The fraction of sp³-hybridized carbons (Fsp3) is 0.154. The number of benzene rings is 3. The maximum Gasteiger partial charge on any atom is 0.255 e. The molecule has 0 bridgehead atoms. The molecule has 144 valence electrons. The van der Waals surface area contributed by atoms with Crippen LogP contribution in [0, 0.1) is 6.92 Å². The lowest BCUT2D eigenvalue weighted by Crippen LogP contribution is -2.11. The van der Waals surface area contributed by atoms with E-state index in [1.807, 2.05) is 61.5 Å². The van der Waals surface area contributed by atoms with E-state index in [9.17, 15) is 4.79 Å². The van der Waals surface area contributed by atoms with Crippen molar-refractivity contribution in [3.8, 4) is 11.3 Å². The maximum absolute atomic E-state index is 12.5. The Kier molecular flexibility index (Phi) is 5.13. The third kappa shape index (κ3) is 4.19. The van der Waals surface area contributed by atoms with Gasteiger partial charge in [0.2, 0.25) is 0 Å². The molecule has 1 aromatic heterocycles. The van der Waals surface area contributed by atoms with Gasteiger partial charge in [0.05, 0.1) is 11.2 Å². The first-order valence-electron chi connectivity index (χ1n) is 9.89. The molecule has 0 unspecified atom stereocenters. The molecule has 0 atom stereocenters. The predicted molar refractivity (Wildman–Crippen MR) is 120 cm³/mol. The molecule has 0 saturated carbocycles. The molecule has 1 heterocycles. The lowest BCUT2D eigenvalue weighted by Gasteiger charge is -2.10. The molecule has 29 heavy (non-hydrogen) atoms. The Balaban J connectivity index is 1.61. The molecule has 0 radical (unpaired) electrons.